The molecule has 0 radical (unpaired) electrons. The summed E-state index contributed by atoms with van der Waals surface area (Å²) < 4.78 is 14.0. The summed E-state index contributed by atoms with van der Waals surface area (Å²) >= 11 is 3.30. The van der Waals surface area contributed by atoms with Crippen LogP contribution in [-0.2, 0) is 0 Å². The average Bonchev–Trinajstić information content (AvgIpc) is 2.50. The summed E-state index contributed by atoms with van der Waals surface area (Å²) in [5, 5.41) is 3.58. The zero-order valence-electron chi connectivity index (χ0n) is 12.7. The van der Waals surface area contributed by atoms with Crippen molar-refractivity contribution in [3.8, 4) is 0 Å². The highest BCUT2D eigenvalue weighted by atomic mass is 79.9. The smallest absolute Gasteiger partial charge is 0.137 e. The minimum atomic E-state index is -0.183. The Labute approximate surface area is 135 Å². The van der Waals surface area contributed by atoms with Crippen LogP contribution in [0.4, 0.5) is 4.39 Å². The zero-order chi connectivity index (χ0) is 14.9. The Morgan fingerprint density at radius 1 is 1.33 bits per heavy atom. The Morgan fingerprint density at radius 3 is 2.86 bits per heavy atom. The fourth-order valence-electron chi connectivity index (χ4n) is 3.94. The number of likely N-dealkylation sites (tertiary alicyclic amines) is 1. The third-order valence-electron chi connectivity index (χ3n) is 5.23. The molecule has 0 saturated carbocycles. The second kappa shape index (κ2) is 6.35. The van der Waals surface area contributed by atoms with Crippen molar-refractivity contribution in [2.24, 2.45) is 5.41 Å². The van der Waals surface area contributed by atoms with E-state index >= 15 is 0 Å². The molecular weight excluding hydrogens is 331 g/mol. The third-order valence-corrected chi connectivity index (χ3v) is 5.83. The summed E-state index contributed by atoms with van der Waals surface area (Å²) in [5.74, 6) is -0.183. The van der Waals surface area contributed by atoms with E-state index in [1.807, 2.05) is 12.1 Å². The number of halogens is 2. The highest BCUT2D eigenvalue weighted by Gasteiger charge is 2.37. The van der Waals surface area contributed by atoms with Crippen molar-refractivity contribution in [2.45, 2.75) is 38.6 Å². The van der Waals surface area contributed by atoms with Crippen LogP contribution in [-0.4, -0.2) is 31.1 Å². The first-order chi connectivity index (χ1) is 10.1. The van der Waals surface area contributed by atoms with Crippen molar-refractivity contribution >= 4 is 15.9 Å². The van der Waals surface area contributed by atoms with Crippen molar-refractivity contribution in [1.29, 1.82) is 0 Å². The van der Waals surface area contributed by atoms with Crippen molar-refractivity contribution in [3.63, 3.8) is 0 Å². The number of rotatable bonds is 2. The van der Waals surface area contributed by atoms with Gasteiger partial charge in [-0.2, -0.15) is 0 Å². The molecule has 2 saturated heterocycles. The summed E-state index contributed by atoms with van der Waals surface area (Å²) in [6.07, 6.45) is 5.26. The molecule has 2 heterocycles. The van der Waals surface area contributed by atoms with Crippen LogP contribution in [0.5, 0.6) is 0 Å². The van der Waals surface area contributed by atoms with Gasteiger partial charge in [0.15, 0.2) is 0 Å². The van der Waals surface area contributed by atoms with Gasteiger partial charge in [-0.15, -0.1) is 0 Å². The summed E-state index contributed by atoms with van der Waals surface area (Å²) in [6.45, 7) is 6.88. The van der Waals surface area contributed by atoms with Gasteiger partial charge in [0.25, 0.3) is 0 Å². The number of hydrogen-bond acceptors (Lipinski definition) is 2. The minimum Gasteiger partial charge on any atom is -0.316 e. The Balaban J connectivity index is 1.74. The first-order valence-corrected chi connectivity index (χ1v) is 8.79. The lowest BCUT2D eigenvalue weighted by Gasteiger charge is -2.47. The maximum absolute atomic E-state index is 13.4. The quantitative estimate of drug-likeness (QED) is 0.859. The van der Waals surface area contributed by atoms with Crippen LogP contribution < -0.4 is 5.32 Å². The van der Waals surface area contributed by atoms with Gasteiger partial charge in [-0.05, 0) is 84.7 Å². The van der Waals surface area contributed by atoms with Gasteiger partial charge in [0.1, 0.15) is 5.82 Å². The average molecular weight is 355 g/mol. The second-order valence-corrected chi connectivity index (χ2v) is 7.56. The number of benzene rings is 1. The highest BCUT2D eigenvalue weighted by molar-refractivity contribution is 9.10. The predicted octanol–water partition coefficient (Wildman–Crippen LogP) is 4.11. The molecule has 2 atom stereocenters. The Kier molecular flexibility index (Phi) is 4.67. The van der Waals surface area contributed by atoms with E-state index in [1.54, 1.807) is 6.07 Å². The van der Waals surface area contributed by atoms with Crippen LogP contribution in [0.2, 0.25) is 0 Å². The van der Waals surface area contributed by atoms with Crippen LogP contribution in [0.15, 0.2) is 22.7 Å². The van der Waals surface area contributed by atoms with Gasteiger partial charge in [0.05, 0.1) is 4.47 Å². The molecule has 0 aliphatic carbocycles. The lowest BCUT2D eigenvalue weighted by Crippen LogP contribution is -2.51. The molecule has 2 nitrogen and oxygen atoms in total. The van der Waals surface area contributed by atoms with Crippen LogP contribution in [0.25, 0.3) is 0 Å². The monoisotopic (exact) mass is 354 g/mol. The lowest BCUT2D eigenvalue weighted by molar-refractivity contribution is 0.0415. The van der Waals surface area contributed by atoms with Crippen molar-refractivity contribution in [1.82, 2.24) is 10.2 Å². The van der Waals surface area contributed by atoms with Crippen molar-refractivity contribution in [2.75, 3.05) is 26.2 Å². The topological polar surface area (TPSA) is 15.3 Å². The van der Waals surface area contributed by atoms with E-state index in [-0.39, 0.29) is 5.82 Å². The molecule has 1 aromatic rings. The van der Waals surface area contributed by atoms with Gasteiger partial charge in [0, 0.05) is 19.1 Å². The summed E-state index contributed by atoms with van der Waals surface area (Å²) in [7, 11) is 0. The van der Waals surface area contributed by atoms with E-state index < -0.39 is 0 Å². The third kappa shape index (κ3) is 3.33. The zero-order valence-corrected chi connectivity index (χ0v) is 14.3. The molecule has 2 aliphatic rings. The predicted molar refractivity (Wildman–Crippen MR) is 87.9 cm³/mol. The number of nitrogens with one attached hydrogen (secondary N) is 1. The molecule has 3 rings (SSSR count). The Bertz CT molecular complexity index is 494. The van der Waals surface area contributed by atoms with Gasteiger partial charge in [-0.25, -0.2) is 4.39 Å². The van der Waals surface area contributed by atoms with Crippen LogP contribution in [0.3, 0.4) is 0 Å². The molecule has 116 valence electrons. The van der Waals surface area contributed by atoms with Crippen molar-refractivity contribution in [3.05, 3.63) is 34.1 Å². The van der Waals surface area contributed by atoms with Gasteiger partial charge in [0.2, 0.25) is 0 Å². The van der Waals surface area contributed by atoms with Crippen LogP contribution >= 0.6 is 15.9 Å². The largest absolute Gasteiger partial charge is 0.316 e. The molecule has 1 N–H and O–H groups in total. The van der Waals surface area contributed by atoms with Gasteiger partial charge < -0.3 is 5.32 Å². The first kappa shape index (κ1) is 15.4. The molecule has 0 amide bonds. The fourth-order valence-corrected chi connectivity index (χ4v) is 4.33. The number of hydrogen-bond donors (Lipinski definition) is 1. The Hall–Kier alpha value is -0.450. The molecule has 4 heteroatoms. The Morgan fingerprint density at radius 2 is 2.14 bits per heavy atom. The molecule has 2 unspecified atom stereocenters. The van der Waals surface area contributed by atoms with E-state index in [4.69, 9.17) is 0 Å². The maximum atomic E-state index is 13.4. The minimum absolute atomic E-state index is 0.183. The molecule has 1 aromatic carbocycles. The standard InChI is InChI=1S/C17H24BrFN2/c1-13(14-4-5-16(19)15(18)10-14)21-9-3-7-17(12-21)6-2-8-20-11-17/h4-5,10,13,20H,2-3,6-9,11-12H2,1H3. The van der Waals surface area contributed by atoms with E-state index in [0.717, 1.165) is 19.6 Å². The lowest BCUT2D eigenvalue weighted by atomic mass is 9.74. The van der Waals surface area contributed by atoms with E-state index in [9.17, 15) is 4.39 Å². The summed E-state index contributed by atoms with van der Waals surface area (Å²) in [6, 6.07) is 5.77. The SMILES string of the molecule is CC(c1ccc(F)c(Br)c1)N1CCCC2(CCCNC2)C1. The molecule has 0 bridgehead atoms. The molecule has 0 aromatic heterocycles. The fraction of sp³-hybridized carbons (Fsp3) is 0.647. The van der Waals surface area contributed by atoms with Crippen molar-refractivity contribution < 1.29 is 4.39 Å². The molecular formula is C17H24BrFN2. The number of piperidine rings is 2. The molecule has 2 fully saturated rings. The molecule has 1 spiro atoms. The maximum Gasteiger partial charge on any atom is 0.137 e. The normalized spacial score (nSPS) is 28.7. The molecule has 2 aliphatic heterocycles. The van der Waals surface area contributed by atoms with Crippen LogP contribution in [0.1, 0.15) is 44.2 Å². The van der Waals surface area contributed by atoms with E-state index in [0.29, 0.717) is 15.9 Å². The van der Waals surface area contributed by atoms with Gasteiger partial charge >= 0.3 is 0 Å². The summed E-state index contributed by atoms with van der Waals surface area (Å²) in [5.41, 5.74) is 1.66. The van der Waals surface area contributed by atoms with Gasteiger partial charge in [-0.1, -0.05) is 6.07 Å². The van der Waals surface area contributed by atoms with Crippen LogP contribution in [0, 0.1) is 11.2 Å². The second-order valence-electron chi connectivity index (χ2n) is 6.70. The first-order valence-electron chi connectivity index (χ1n) is 7.99. The van der Waals surface area contributed by atoms with Gasteiger partial charge in [-0.3, -0.25) is 4.90 Å². The molecule has 21 heavy (non-hydrogen) atoms. The summed E-state index contributed by atoms with van der Waals surface area (Å²) in [4.78, 5) is 2.58. The number of nitrogens with zero attached hydrogens (tertiary/aromatic N) is 1. The van der Waals surface area contributed by atoms with E-state index in [1.165, 1.54) is 37.8 Å². The highest BCUT2D eigenvalue weighted by Crippen LogP contribution is 2.39. The van der Waals surface area contributed by atoms with E-state index in [2.05, 4.69) is 33.1 Å².